The Labute approximate surface area is 130 Å². The summed E-state index contributed by atoms with van der Waals surface area (Å²) < 4.78 is 11.4. The monoisotopic (exact) mass is 384 g/mol. The third kappa shape index (κ3) is 3.60. The number of nitrogens with one attached hydrogen (secondary N) is 1. The van der Waals surface area contributed by atoms with E-state index >= 15 is 0 Å². The van der Waals surface area contributed by atoms with Crippen LogP contribution >= 0.6 is 22.6 Å². The molecule has 0 atom stereocenters. The van der Waals surface area contributed by atoms with Crippen LogP contribution in [0.25, 0.3) is 0 Å². The quantitative estimate of drug-likeness (QED) is 0.501. The van der Waals surface area contributed by atoms with Crippen LogP contribution in [-0.4, -0.2) is 19.2 Å². The summed E-state index contributed by atoms with van der Waals surface area (Å²) in [6.07, 6.45) is 1.45. The molecule has 0 aliphatic rings. The zero-order valence-electron chi connectivity index (χ0n) is 11.0. The topological polar surface area (TPSA) is 63.8 Å². The molecule has 0 unspecified atom stereocenters. The first-order chi connectivity index (χ1) is 9.60. The number of nitrogens with zero attached hydrogens (tertiary/aromatic N) is 1. The fourth-order valence-corrected chi connectivity index (χ4v) is 2.10. The van der Waals surface area contributed by atoms with Gasteiger partial charge in [0.05, 0.1) is 16.9 Å². The largest absolute Gasteiger partial charge is 0.496 e. The number of carbonyl (C=O) groups is 1. The Morgan fingerprint density at radius 1 is 1.40 bits per heavy atom. The van der Waals surface area contributed by atoms with Gasteiger partial charge in [-0.15, -0.1) is 0 Å². The Morgan fingerprint density at radius 2 is 2.20 bits per heavy atom. The first-order valence-electron chi connectivity index (χ1n) is 5.83. The first-order valence-corrected chi connectivity index (χ1v) is 6.91. The Kier molecular flexibility index (Phi) is 4.78. The fraction of sp³-hybridized carbons (Fsp3) is 0.143. The molecule has 0 saturated carbocycles. The van der Waals surface area contributed by atoms with Crippen molar-refractivity contribution in [1.29, 1.82) is 0 Å². The van der Waals surface area contributed by atoms with Crippen molar-refractivity contribution in [2.75, 3.05) is 7.11 Å². The molecular formula is C14H13IN2O3. The molecule has 1 aromatic heterocycles. The van der Waals surface area contributed by atoms with Crippen molar-refractivity contribution in [3.8, 4) is 5.75 Å². The van der Waals surface area contributed by atoms with E-state index in [4.69, 9.17) is 9.15 Å². The number of furan rings is 1. The molecule has 2 aromatic rings. The van der Waals surface area contributed by atoms with Gasteiger partial charge < -0.3 is 9.15 Å². The molecule has 1 N–H and O–H groups in total. The number of hydrogen-bond donors (Lipinski definition) is 1. The number of ether oxygens (including phenoxy) is 1. The van der Waals surface area contributed by atoms with Crippen molar-refractivity contribution in [3.63, 3.8) is 0 Å². The van der Waals surface area contributed by atoms with E-state index in [1.54, 1.807) is 25.3 Å². The average molecular weight is 384 g/mol. The predicted molar refractivity (Wildman–Crippen MR) is 84.2 cm³/mol. The minimum atomic E-state index is -0.306. The molecular weight excluding hydrogens is 371 g/mol. The summed E-state index contributed by atoms with van der Waals surface area (Å²) >= 11 is 2.14. The highest BCUT2D eigenvalue weighted by Gasteiger charge is 2.08. The number of benzene rings is 1. The molecule has 20 heavy (non-hydrogen) atoms. The average Bonchev–Trinajstić information content (AvgIpc) is 2.85. The van der Waals surface area contributed by atoms with Gasteiger partial charge in [0.1, 0.15) is 17.3 Å². The lowest BCUT2D eigenvalue weighted by molar-refractivity contribution is 0.0954. The second-order valence-corrected chi connectivity index (χ2v) is 5.16. The second kappa shape index (κ2) is 6.56. The summed E-state index contributed by atoms with van der Waals surface area (Å²) in [7, 11) is 1.57. The second-order valence-electron chi connectivity index (χ2n) is 4.00. The molecule has 2 rings (SSSR count). The molecule has 0 spiro atoms. The molecule has 0 aliphatic heterocycles. The number of amides is 1. The van der Waals surface area contributed by atoms with Gasteiger partial charge in [-0.05, 0) is 59.8 Å². The van der Waals surface area contributed by atoms with Crippen molar-refractivity contribution in [3.05, 3.63) is 51.0 Å². The number of aryl methyl sites for hydroxylation is 1. The van der Waals surface area contributed by atoms with E-state index in [1.165, 1.54) is 6.21 Å². The SMILES string of the molecule is COc1cc(C(=O)N/N=C\c2ccc(C)o2)ccc1I. The summed E-state index contributed by atoms with van der Waals surface area (Å²) in [6.45, 7) is 1.84. The molecule has 0 saturated heterocycles. The lowest BCUT2D eigenvalue weighted by Gasteiger charge is -2.05. The Morgan fingerprint density at radius 3 is 2.85 bits per heavy atom. The van der Waals surface area contributed by atoms with Crippen molar-refractivity contribution in [2.45, 2.75) is 6.92 Å². The van der Waals surface area contributed by atoms with E-state index in [0.29, 0.717) is 17.1 Å². The maximum atomic E-state index is 11.9. The highest BCUT2D eigenvalue weighted by atomic mass is 127. The molecule has 0 fully saturated rings. The molecule has 5 nitrogen and oxygen atoms in total. The molecule has 1 amide bonds. The molecule has 1 heterocycles. The van der Waals surface area contributed by atoms with Crippen LogP contribution in [0.2, 0.25) is 0 Å². The third-order valence-electron chi connectivity index (χ3n) is 2.53. The first kappa shape index (κ1) is 14.6. The van der Waals surface area contributed by atoms with Crippen LogP contribution in [0.1, 0.15) is 21.9 Å². The van der Waals surface area contributed by atoms with Gasteiger partial charge in [-0.1, -0.05) is 0 Å². The number of hydrogen-bond acceptors (Lipinski definition) is 4. The van der Waals surface area contributed by atoms with Gasteiger partial charge in [0.2, 0.25) is 0 Å². The molecule has 0 aliphatic carbocycles. The smallest absolute Gasteiger partial charge is 0.271 e. The molecule has 104 valence electrons. The number of hydrazone groups is 1. The van der Waals surface area contributed by atoms with Crippen LogP contribution in [0.15, 0.2) is 39.9 Å². The van der Waals surface area contributed by atoms with E-state index in [0.717, 1.165) is 9.33 Å². The summed E-state index contributed by atoms with van der Waals surface area (Å²) in [4.78, 5) is 11.9. The Bertz CT molecular complexity index is 650. The van der Waals surface area contributed by atoms with Gasteiger partial charge in [-0.2, -0.15) is 5.10 Å². The van der Waals surface area contributed by atoms with Crippen LogP contribution in [0.3, 0.4) is 0 Å². The fourth-order valence-electron chi connectivity index (χ4n) is 1.54. The minimum absolute atomic E-state index is 0.306. The maximum Gasteiger partial charge on any atom is 0.271 e. The summed E-state index contributed by atoms with van der Waals surface area (Å²) in [5.74, 6) is 1.73. The van der Waals surface area contributed by atoms with Crippen LogP contribution in [0.5, 0.6) is 5.75 Å². The third-order valence-corrected chi connectivity index (χ3v) is 3.42. The van der Waals surface area contributed by atoms with Gasteiger partial charge >= 0.3 is 0 Å². The summed E-state index contributed by atoms with van der Waals surface area (Å²) in [5.41, 5.74) is 2.92. The van der Waals surface area contributed by atoms with Crippen molar-refractivity contribution >= 4 is 34.7 Å². The van der Waals surface area contributed by atoms with Gasteiger partial charge in [0.15, 0.2) is 0 Å². The van der Waals surface area contributed by atoms with E-state index in [-0.39, 0.29) is 5.91 Å². The van der Waals surface area contributed by atoms with Gasteiger partial charge in [-0.25, -0.2) is 5.43 Å². The lowest BCUT2D eigenvalue weighted by atomic mass is 10.2. The van der Waals surface area contributed by atoms with Crippen molar-refractivity contribution < 1.29 is 13.9 Å². The number of halogens is 1. The van der Waals surface area contributed by atoms with Crippen LogP contribution in [0, 0.1) is 10.5 Å². The highest BCUT2D eigenvalue weighted by molar-refractivity contribution is 14.1. The van der Waals surface area contributed by atoms with Gasteiger partial charge in [0.25, 0.3) is 5.91 Å². The molecule has 6 heteroatoms. The zero-order chi connectivity index (χ0) is 14.5. The zero-order valence-corrected chi connectivity index (χ0v) is 13.2. The van der Waals surface area contributed by atoms with Gasteiger partial charge in [-0.3, -0.25) is 4.79 Å². The molecule has 0 bridgehead atoms. The minimum Gasteiger partial charge on any atom is -0.496 e. The van der Waals surface area contributed by atoms with E-state index in [9.17, 15) is 4.79 Å². The van der Waals surface area contributed by atoms with Gasteiger partial charge in [0, 0.05) is 5.56 Å². The standard InChI is InChI=1S/C14H13IN2O3/c1-9-3-5-11(20-9)8-16-17-14(18)10-4-6-12(15)13(7-10)19-2/h3-8H,1-2H3,(H,17,18)/b16-8-. The van der Waals surface area contributed by atoms with Crippen molar-refractivity contribution in [1.82, 2.24) is 5.43 Å². The predicted octanol–water partition coefficient (Wildman–Crippen LogP) is 2.97. The number of methoxy groups -OCH3 is 1. The molecule has 0 radical (unpaired) electrons. The normalized spacial score (nSPS) is 10.8. The van der Waals surface area contributed by atoms with E-state index in [1.807, 2.05) is 19.1 Å². The Hall–Kier alpha value is -1.83. The maximum absolute atomic E-state index is 11.9. The van der Waals surface area contributed by atoms with Crippen LogP contribution < -0.4 is 10.2 Å². The number of rotatable bonds is 4. The highest BCUT2D eigenvalue weighted by Crippen LogP contribution is 2.21. The molecule has 1 aromatic carbocycles. The van der Waals surface area contributed by atoms with E-state index in [2.05, 4.69) is 33.1 Å². The lowest BCUT2D eigenvalue weighted by Crippen LogP contribution is -2.17. The summed E-state index contributed by atoms with van der Waals surface area (Å²) in [5, 5.41) is 3.85. The van der Waals surface area contributed by atoms with Crippen LogP contribution in [-0.2, 0) is 0 Å². The van der Waals surface area contributed by atoms with Crippen LogP contribution in [0.4, 0.5) is 0 Å². The summed E-state index contributed by atoms with van der Waals surface area (Å²) in [6, 6.07) is 8.80. The Balaban J connectivity index is 2.03. The van der Waals surface area contributed by atoms with Crippen molar-refractivity contribution in [2.24, 2.45) is 5.10 Å². The number of carbonyl (C=O) groups excluding carboxylic acids is 1. The van der Waals surface area contributed by atoms with E-state index < -0.39 is 0 Å².